The van der Waals surface area contributed by atoms with Gasteiger partial charge >= 0.3 is 0 Å². The van der Waals surface area contributed by atoms with E-state index in [-0.39, 0.29) is 5.78 Å². The monoisotopic (exact) mass is 243 g/mol. The number of aryl methyl sites for hydroxylation is 2. The van der Waals surface area contributed by atoms with Crippen LogP contribution in [0.15, 0.2) is 29.9 Å². The van der Waals surface area contributed by atoms with Crippen LogP contribution in [0.2, 0.25) is 0 Å². The molecule has 3 rings (SSSR count). The highest BCUT2D eigenvalue weighted by Gasteiger charge is 2.14. The van der Waals surface area contributed by atoms with E-state index in [2.05, 4.69) is 17.1 Å². The average molecular weight is 243 g/mol. The zero-order chi connectivity index (χ0) is 11.7. The van der Waals surface area contributed by atoms with Gasteiger partial charge in [-0.1, -0.05) is 12.1 Å². The molecule has 0 N–H and O–H groups in total. The largest absolute Gasteiger partial charge is 0.294 e. The molecule has 86 valence electrons. The lowest BCUT2D eigenvalue weighted by Gasteiger charge is -2.03. The van der Waals surface area contributed by atoms with Gasteiger partial charge in [0.15, 0.2) is 5.78 Å². The summed E-state index contributed by atoms with van der Waals surface area (Å²) in [5, 5.41) is 0. The number of carbonyl (C=O) groups excluding carboxylic acids is 1. The number of fused-ring (bicyclic) bond motifs is 1. The Hall–Kier alpha value is -1.48. The Balaban J connectivity index is 1.82. The Morgan fingerprint density at radius 2 is 2.18 bits per heavy atom. The van der Waals surface area contributed by atoms with Crippen molar-refractivity contribution >= 4 is 17.1 Å². The first-order valence-corrected chi connectivity index (χ1v) is 6.73. The molecule has 1 aromatic carbocycles. The Morgan fingerprint density at radius 1 is 1.29 bits per heavy atom. The molecule has 1 aromatic heterocycles. The van der Waals surface area contributed by atoms with Gasteiger partial charge in [0.1, 0.15) is 0 Å². The fourth-order valence-electron chi connectivity index (χ4n) is 2.34. The number of hydrogen-bond donors (Lipinski definition) is 0. The lowest BCUT2D eigenvalue weighted by molar-refractivity contribution is 0.0993. The van der Waals surface area contributed by atoms with Gasteiger partial charge in [0.05, 0.1) is 5.51 Å². The van der Waals surface area contributed by atoms with Gasteiger partial charge in [0, 0.05) is 23.1 Å². The molecule has 0 saturated carbocycles. The Bertz CT molecular complexity index is 545. The van der Waals surface area contributed by atoms with Crippen molar-refractivity contribution in [2.45, 2.75) is 25.7 Å². The minimum atomic E-state index is 0.198. The fourth-order valence-corrected chi connectivity index (χ4v) is 2.93. The van der Waals surface area contributed by atoms with Gasteiger partial charge in [-0.15, -0.1) is 11.3 Å². The molecular weight excluding hydrogens is 230 g/mol. The second kappa shape index (κ2) is 4.41. The van der Waals surface area contributed by atoms with Crippen LogP contribution >= 0.6 is 11.3 Å². The molecule has 17 heavy (non-hydrogen) atoms. The van der Waals surface area contributed by atoms with Crippen LogP contribution in [0.1, 0.15) is 32.8 Å². The standard InChI is InChI=1S/C14H13NOS/c16-14(7-13-8-15-9-17-13)12-5-4-10-2-1-3-11(10)6-12/h4-6,8-9H,1-3,7H2. The lowest BCUT2D eigenvalue weighted by Crippen LogP contribution is -2.03. The van der Waals surface area contributed by atoms with E-state index >= 15 is 0 Å². The van der Waals surface area contributed by atoms with Crippen molar-refractivity contribution in [3.05, 3.63) is 51.5 Å². The molecule has 0 radical (unpaired) electrons. The van der Waals surface area contributed by atoms with E-state index in [4.69, 9.17) is 0 Å². The molecule has 2 aromatic rings. The summed E-state index contributed by atoms with van der Waals surface area (Å²) >= 11 is 1.54. The molecule has 0 bridgehead atoms. The number of rotatable bonds is 3. The van der Waals surface area contributed by atoms with E-state index in [1.165, 1.54) is 35.3 Å². The number of nitrogens with zero attached hydrogens (tertiary/aromatic N) is 1. The van der Waals surface area contributed by atoms with Gasteiger partial charge in [-0.2, -0.15) is 0 Å². The summed E-state index contributed by atoms with van der Waals surface area (Å²) in [6.07, 6.45) is 5.76. The molecule has 1 heterocycles. The average Bonchev–Trinajstić information content (AvgIpc) is 2.97. The van der Waals surface area contributed by atoms with Crippen molar-refractivity contribution in [2.24, 2.45) is 0 Å². The van der Waals surface area contributed by atoms with Gasteiger partial charge < -0.3 is 0 Å². The number of Topliss-reactive ketones (excluding diaryl/α,β-unsaturated/α-hetero) is 1. The first-order chi connectivity index (χ1) is 8.33. The van der Waals surface area contributed by atoms with Gasteiger partial charge in [0.2, 0.25) is 0 Å². The van der Waals surface area contributed by atoms with Gasteiger partial charge in [-0.3, -0.25) is 9.78 Å². The number of thiazole rings is 1. The summed E-state index contributed by atoms with van der Waals surface area (Å²) in [6.45, 7) is 0. The van der Waals surface area contributed by atoms with Crippen LogP contribution in [0.4, 0.5) is 0 Å². The third-order valence-corrected chi connectivity index (χ3v) is 4.02. The Kier molecular flexibility index (Phi) is 2.77. The van der Waals surface area contributed by atoms with Gasteiger partial charge in [0.25, 0.3) is 0 Å². The molecule has 2 nitrogen and oxygen atoms in total. The maximum absolute atomic E-state index is 12.1. The molecule has 1 aliphatic rings. The fraction of sp³-hybridized carbons (Fsp3) is 0.286. The van der Waals surface area contributed by atoms with Crippen LogP contribution < -0.4 is 0 Å². The summed E-state index contributed by atoms with van der Waals surface area (Å²) in [4.78, 5) is 17.1. The first kappa shape index (κ1) is 10.7. The van der Waals surface area contributed by atoms with E-state index in [9.17, 15) is 4.79 Å². The smallest absolute Gasteiger partial charge is 0.168 e. The van der Waals surface area contributed by atoms with E-state index < -0.39 is 0 Å². The zero-order valence-corrected chi connectivity index (χ0v) is 10.3. The molecule has 0 fully saturated rings. The molecule has 3 heteroatoms. The van der Waals surface area contributed by atoms with E-state index in [1.54, 1.807) is 11.7 Å². The predicted molar refractivity (Wildman–Crippen MR) is 68.6 cm³/mol. The lowest BCUT2D eigenvalue weighted by atomic mass is 10.0. The predicted octanol–water partition coefficient (Wildman–Crippen LogP) is 3.06. The normalized spacial score (nSPS) is 13.6. The molecule has 0 amide bonds. The molecule has 0 aliphatic heterocycles. The van der Waals surface area contributed by atoms with E-state index in [1.807, 2.05) is 6.07 Å². The summed E-state index contributed by atoms with van der Waals surface area (Å²) in [5.74, 6) is 0.198. The Morgan fingerprint density at radius 3 is 3.00 bits per heavy atom. The van der Waals surface area contributed by atoms with E-state index in [0.717, 1.165) is 16.9 Å². The van der Waals surface area contributed by atoms with Crippen molar-refractivity contribution in [3.63, 3.8) is 0 Å². The van der Waals surface area contributed by atoms with Crippen LogP contribution in [0.25, 0.3) is 0 Å². The second-order valence-corrected chi connectivity index (χ2v) is 5.38. The molecule has 0 unspecified atom stereocenters. The van der Waals surface area contributed by atoms with Crippen LogP contribution in [0.5, 0.6) is 0 Å². The molecule has 0 atom stereocenters. The summed E-state index contributed by atoms with van der Waals surface area (Å²) in [7, 11) is 0. The minimum Gasteiger partial charge on any atom is -0.294 e. The maximum Gasteiger partial charge on any atom is 0.168 e. The number of carbonyl (C=O) groups is 1. The van der Waals surface area contributed by atoms with Crippen LogP contribution in [-0.4, -0.2) is 10.8 Å². The highest BCUT2D eigenvalue weighted by atomic mass is 32.1. The summed E-state index contributed by atoms with van der Waals surface area (Å²) < 4.78 is 0. The summed E-state index contributed by atoms with van der Waals surface area (Å²) in [6, 6.07) is 6.15. The second-order valence-electron chi connectivity index (χ2n) is 4.40. The summed E-state index contributed by atoms with van der Waals surface area (Å²) in [5.41, 5.74) is 5.39. The topological polar surface area (TPSA) is 30.0 Å². The third kappa shape index (κ3) is 2.15. The molecule has 1 aliphatic carbocycles. The zero-order valence-electron chi connectivity index (χ0n) is 9.48. The number of benzene rings is 1. The van der Waals surface area contributed by atoms with Crippen molar-refractivity contribution in [1.29, 1.82) is 0 Å². The van der Waals surface area contributed by atoms with E-state index in [0.29, 0.717) is 6.42 Å². The quantitative estimate of drug-likeness (QED) is 0.775. The van der Waals surface area contributed by atoms with Crippen LogP contribution in [0, 0.1) is 0 Å². The maximum atomic E-state index is 12.1. The van der Waals surface area contributed by atoms with Crippen molar-refractivity contribution in [3.8, 4) is 0 Å². The highest BCUT2D eigenvalue weighted by Crippen LogP contribution is 2.23. The Labute approximate surface area is 104 Å². The van der Waals surface area contributed by atoms with Gasteiger partial charge in [-0.25, -0.2) is 0 Å². The minimum absolute atomic E-state index is 0.198. The molecular formula is C14H13NOS. The van der Waals surface area contributed by atoms with Crippen molar-refractivity contribution < 1.29 is 4.79 Å². The number of ketones is 1. The highest BCUT2D eigenvalue weighted by molar-refractivity contribution is 7.09. The first-order valence-electron chi connectivity index (χ1n) is 5.85. The van der Waals surface area contributed by atoms with Gasteiger partial charge in [-0.05, 0) is 36.5 Å². The molecule has 0 saturated heterocycles. The van der Waals surface area contributed by atoms with Crippen molar-refractivity contribution in [1.82, 2.24) is 4.98 Å². The van der Waals surface area contributed by atoms with Crippen LogP contribution in [-0.2, 0) is 19.3 Å². The molecule has 0 spiro atoms. The van der Waals surface area contributed by atoms with Crippen LogP contribution in [0.3, 0.4) is 0 Å². The SMILES string of the molecule is O=C(Cc1cncs1)c1ccc2c(c1)CCC2. The number of aromatic nitrogens is 1. The third-order valence-electron chi connectivity index (χ3n) is 3.24. The van der Waals surface area contributed by atoms with Crippen molar-refractivity contribution in [2.75, 3.05) is 0 Å². The number of hydrogen-bond acceptors (Lipinski definition) is 3.